The van der Waals surface area contributed by atoms with E-state index in [9.17, 15) is 28.1 Å². The van der Waals surface area contributed by atoms with Crippen LogP contribution in [0.15, 0.2) is 47.4 Å². The minimum atomic E-state index is -3.84. The van der Waals surface area contributed by atoms with Gasteiger partial charge in [0.1, 0.15) is 4.90 Å². The number of carbonyl (C=O) groups excluding carboxylic acids is 2. The molecule has 1 amide bonds. The molecule has 0 aromatic heterocycles. The minimum absolute atomic E-state index is 0.225. The van der Waals surface area contributed by atoms with Gasteiger partial charge < -0.3 is 10.1 Å². The number of ether oxygens (including phenoxy) is 1. The molecular weight excluding hydrogens is 424 g/mol. The molecule has 0 bridgehead atoms. The van der Waals surface area contributed by atoms with Crippen molar-refractivity contribution in [2.45, 2.75) is 31.1 Å². The first-order valence-electron chi connectivity index (χ1n) is 9.50. The highest BCUT2D eigenvalue weighted by atomic mass is 32.2. The van der Waals surface area contributed by atoms with Crippen LogP contribution >= 0.6 is 0 Å². The van der Waals surface area contributed by atoms with Crippen molar-refractivity contribution in [3.63, 3.8) is 0 Å². The van der Waals surface area contributed by atoms with Gasteiger partial charge in [0.25, 0.3) is 11.6 Å². The molecule has 0 heterocycles. The Kier molecular flexibility index (Phi) is 7.87. The molecule has 0 atom stereocenters. The van der Waals surface area contributed by atoms with E-state index in [-0.39, 0.29) is 5.56 Å². The Morgan fingerprint density at radius 2 is 1.77 bits per heavy atom. The molecule has 0 fully saturated rings. The maximum Gasteiger partial charge on any atom is 0.338 e. The third-order valence-corrected chi connectivity index (χ3v) is 5.65. The van der Waals surface area contributed by atoms with Crippen molar-refractivity contribution in [3.8, 4) is 0 Å². The van der Waals surface area contributed by atoms with Gasteiger partial charge in [-0.25, -0.2) is 13.2 Å². The topological polar surface area (TPSA) is 133 Å². The molecule has 31 heavy (non-hydrogen) atoms. The summed E-state index contributed by atoms with van der Waals surface area (Å²) in [5.41, 5.74) is 1.33. The van der Waals surface area contributed by atoms with Crippen molar-refractivity contribution in [1.29, 1.82) is 0 Å². The number of nitrogens with one attached hydrogen (secondary N) is 1. The molecule has 166 valence electrons. The molecule has 0 saturated carbocycles. The molecular formula is C21H24N2O7S. The molecule has 0 aliphatic heterocycles. The molecule has 2 rings (SSSR count). The standard InChI is InChI=1S/C21H24N2O7S/c1-14(2)16-6-4-15(5-7-16)10-11-22-20(24)13-30-21(25)17-8-9-19(31(3,28)29)18(12-17)23(26)27/h4-9,12,14H,10-11,13H2,1-3H3,(H,22,24). The number of nitro groups is 1. The van der Waals surface area contributed by atoms with Gasteiger partial charge in [-0.1, -0.05) is 38.1 Å². The van der Waals surface area contributed by atoms with Crippen molar-refractivity contribution in [1.82, 2.24) is 5.32 Å². The Hall–Kier alpha value is -3.27. The SMILES string of the molecule is CC(C)c1ccc(CCNC(=O)COC(=O)c2ccc(S(C)(=O)=O)c([N+](=O)[O-])c2)cc1. The van der Waals surface area contributed by atoms with Gasteiger partial charge in [0.2, 0.25) is 0 Å². The second-order valence-corrected chi connectivity index (χ2v) is 9.27. The lowest BCUT2D eigenvalue weighted by atomic mass is 10.0. The lowest BCUT2D eigenvalue weighted by Gasteiger charge is -2.09. The van der Waals surface area contributed by atoms with Crippen LogP contribution in [0.3, 0.4) is 0 Å². The van der Waals surface area contributed by atoms with Crippen molar-refractivity contribution in [2.24, 2.45) is 0 Å². The lowest BCUT2D eigenvalue weighted by molar-refractivity contribution is -0.387. The summed E-state index contributed by atoms with van der Waals surface area (Å²) in [4.78, 5) is 33.7. The van der Waals surface area contributed by atoms with E-state index in [0.29, 0.717) is 18.9 Å². The molecule has 0 aliphatic rings. The highest BCUT2D eigenvalue weighted by molar-refractivity contribution is 7.90. The number of sulfone groups is 1. The van der Waals surface area contributed by atoms with E-state index in [4.69, 9.17) is 4.74 Å². The van der Waals surface area contributed by atoms with Crippen LogP contribution in [0.5, 0.6) is 0 Å². The molecule has 0 saturated heterocycles. The number of benzene rings is 2. The number of amides is 1. The largest absolute Gasteiger partial charge is 0.452 e. The van der Waals surface area contributed by atoms with Crippen LogP contribution in [0.1, 0.15) is 41.3 Å². The third-order valence-electron chi connectivity index (χ3n) is 4.51. The van der Waals surface area contributed by atoms with E-state index in [0.717, 1.165) is 30.0 Å². The molecule has 0 radical (unpaired) electrons. The second kappa shape index (κ2) is 10.2. The van der Waals surface area contributed by atoms with E-state index in [1.54, 1.807) is 0 Å². The number of hydrogen-bond donors (Lipinski definition) is 1. The van der Waals surface area contributed by atoms with Crippen LogP contribution in [-0.2, 0) is 25.8 Å². The van der Waals surface area contributed by atoms with Crippen LogP contribution in [0, 0.1) is 10.1 Å². The quantitative estimate of drug-likeness (QED) is 0.354. The number of carbonyl (C=O) groups is 2. The average Bonchev–Trinajstić information content (AvgIpc) is 2.71. The van der Waals surface area contributed by atoms with Crippen LogP contribution in [0.4, 0.5) is 5.69 Å². The first kappa shape index (κ1) is 24.0. The Morgan fingerprint density at radius 1 is 1.13 bits per heavy atom. The fraction of sp³-hybridized carbons (Fsp3) is 0.333. The van der Waals surface area contributed by atoms with Crippen molar-refractivity contribution in [2.75, 3.05) is 19.4 Å². The number of rotatable bonds is 9. The van der Waals surface area contributed by atoms with E-state index in [1.165, 1.54) is 5.56 Å². The summed E-state index contributed by atoms with van der Waals surface area (Å²) in [5.74, 6) is -1.05. The predicted molar refractivity (Wildman–Crippen MR) is 114 cm³/mol. The van der Waals surface area contributed by atoms with Crippen LogP contribution in [0.25, 0.3) is 0 Å². The molecule has 2 aromatic rings. The smallest absolute Gasteiger partial charge is 0.338 e. The highest BCUT2D eigenvalue weighted by Gasteiger charge is 2.24. The summed E-state index contributed by atoms with van der Waals surface area (Å²) < 4.78 is 28.1. The van der Waals surface area contributed by atoms with Gasteiger partial charge in [-0.3, -0.25) is 14.9 Å². The molecule has 2 aromatic carbocycles. The van der Waals surface area contributed by atoms with Gasteiger partial charge in [0.15, 0.2) is 16.4 Å². The third kappa shape index (κ3) is 6.88. The number of hydrogen-bond acceptors (Lipinski definition) is 7. The first-order chi connectivity index (χ1) is 14.5. The number of nitrogens with zero attached hydrogens (tertiary/aromatic N) is 1. The van der Waals surface area contributed by atoms with E-state index >= 15 is 0 Å². The van der Waals surface area contributed by atoms with Gasteiger partial charge in [0.05, 0.1) is 10.5 Å². The van der Waals surface area contributed by atoms with Crippen LogP contribution in [-0.4, -0.2) is 44.6 Å². The summed E-state index contributed by atoms with van der Waals surface area (Å²) in [6.07, 6.45) is 1.44. The molecule has 9 nitrogen and oxygen atoms in total. The minimum Gasteiger partial charge on any atom is -0.452 e. The molecule has 0 spiro atoms. The van der Waals surface area contributed by atoms with Gasteiger partial charge in [-0.2, -0.15) is 0 Å². The number of nitro benzene ring substituents is 1. The normalized spacial score (nSPS) is 11.2. The van der Waals surface area contributed by atoms with Crippen molar-refractivity contribution < 1.29 is 27.7 Å². The van der Waals surface area contributed by atoms with E-state index < -0.39 is 43.8 Å². The van der Waals surface area contributed by atoms with Gasteiger partial charge in [-0.15, -0.1) is 0 Å². The fourth-order valence-electron chi connectivity index (χ4n) is 2.78. The van der Waals surface area contributed by atoms with Crippen LogP contribution in [0.2, 0.25) is 0 Å². The maximum absolute atomic E-state index is 12.1. The van der Waals surface area contributed by atoms with Gasteiger partial charge in [-0.05, 0) is 35.6 Å². The van der Waals surface area contributed by atoms with Crippen molar-refractivity contribution in [3.05, 3.63) is 69.3 Å². The van der Waals surface area contributed by atoms with E-state index in [1.807, 2.05) is 24.3 Å². The molecule has 1 N–H and O–H groups in total. The summed E-state index contributed by atoms with van der Waals surface area (Å²) in [7, 11) is -3.84. The first-order valence-corrected chi connectivity index (χ1v) is 11.4. The monoisotopic (exact) mass is 448 g/mol. The van der Waals surface area contributed by atoms with Crippen LogP contribution < -0.4 is 5.32 Å². The zero-order valence-corrected chi connectivity index (χ0v) is 18.3. The second-order valence-electron chi connectivity index (χ2n) is 7.28. The van der Waals surface area contributed by atoms with Gasteiger partial charge in [0, 0.05) is 18.9 Å². The van der Waals surface area contributed by atoms with Gasteiger partial charge >= 0.3 is 5.97 Å². The summed E-state index contributed by atoms with van der Waals surface area (Å²) >= 11 is 0. The molecule has 0 aliphatic carbocycles. The molecule has 0 unspecified atom stereocenters. The van der Waals surface area contributed by atoms with E-state index in [2.05, 4.69) is 19.2 Å². The molecule has 10 heteroatoms. The summed E-state index contributed by atoms with van der Waals surface area (Å²) in [6, 6.07) is 11.0. The lowest BCUT2D eigenvalue weighted by Crippen LogP contribution is -2.30. The highest BCUT2D eigenvalue weighted by Crippen LogP contribution is 2.25. The zero-order valence-electron chi connectivity index (χ0n) is 17.5. The predicted octanol–water partition coefficient (Wildman–Crippen LogP) is 2.64. The Balaban J connectivity index is 1.88. The fourth-order valence-corrected chi connectivity index (χ4v) is 3.61. The average molecular weight is 448 g/mol. The van der Waals surface area contributed by atoms with Crippen molar-refractivity contribution >= 4 is 27.4 Å². The maximum atomic E-state index is 12.1. The Morgan fingerprint density at radius 3 is 2.32 bits per heavy atom. The Labute approximate surface area is 180 Å². The number of esters is 1. The summed E-state index contributed by atoms with van der Waals surface area (Å²) in [5, 5.41) is 13.8. The Bertz CT molecular complexity index is 1080. The zero-order chi connectivity index (χ0) is 23.2. The summed E-state index contributed by atoms with van der Waals surface area (Å²) in [6.45, 7) is 4.00.